The molecule has 3 rings (SSSR count). The number of rotatable bonds is 7. The zero-order valence-corrected chi connectivity index (χ0v) is 15.2. The van der Waals surface area contributed by atoms with Crippen LogP contribution in [0.4, 0.5) is 13.2 Å². The molecule has 1 atom stereocenters. The maximum atomic E-state index is 13.1. The van der Waals surface area contributed by atoms with Gasteiger partial charge in [0.05, 0.1) is 17.5 Å². The van der Waals surface area contributed by atoms with Crippen LogP contribution in [0.3, 0.4) is 0 Å². The van der Waals surface area contributed by atoms with Gasteiger partial charge in [-0.25, -0.2) is 9.07 Å². The molecule has 2 aromatic carbocycles. The minimum absolute atomic E-state index is 0.0342. The molecule has 1 unspecified atom stereocenters. The summed E-state index contributed by atoms with van der Waals surface area (Å²) >= 11 is 0. The summed E-state index contributed by atoms with van der Waals surface area (Å²) in [5.41, 5.74) is 1.46. The fraction of sp³-hybridized carbons (Fsp3) is 0.211. The van der Waals surface area contributed by atoms with Crippen molar-refractivity contribution >= 4 is 5.91 Å². The molecular weight excluding hydrogens is 389 g/mol. The van der Waals surface area contributed by atoms with Crippen molar-refractivity contribution in [3.8, 4) is 11.4 Å². The normalized spacial score (nSPS) is 12.1. The highest BCUT2D eigenvalue weighted by atomic mass is 19.3. The van der Waals surface area contributed by atoms with Gasteiger partial charge in [-0.15, -0.1) is 5.10 Å². The SMILES string of the molecule is Cc1c(C(=O)NCC(O)c2ccc(OC(F)F)cc2)nnn1-c1ccc(F)cc1. The van der Waals surface area contributed by atoms with Gasteiger partial charge in [0.1, 0.15) is 11.6 Å². The second-order valence-corrected chi connectivity index (χ2v) is 6.09. The number of amides is 1. The highest BCUT2D eigenvalue weighted by molar-refractivity contribution is 5.93. The zero-order chi connectivity index (χ0) is 21.0. The summed E-state index contributed by atoms with van der Waals surface area (Å²) in [6.07, 6.45) is -1.06. The Labute approximate surface area is 163 Å². The second-order valence-electron chi connectivity index (χ2n) is 6.09. The Morgan fingerprint density at radius 2 is 1.83 bits per heavy atom. The Morgan fingerprint density at radius 3 is 2.45 bits per heavy atom. The van der Waals surface area contributed by atoms with Gasteiger partial charge < -0.3 is 15.2 Å². The fourth-order valence-corrected chi connectivity index (χ4v) is 2.63. The van der Waals surface area contributed by atoms with E-state index in [1.54, 1.807) is 6.92 Å². The molecule has 1 heterocycles. The van der Waals surface area contributed by atoms with Crippen LogP contribution < -0.4 is 10.1 Å². The molecule has 0 aliphatic rings. The molecule has 0 fully saturated rings. The summed E-state index contributed by atoms with van der Waals surface area (Å²) in [5.74, 6) is -0.979. The molecule has 0 saturated heterocycles. The molecule has 3 aromatic rings. The molecule has 1 aromatic heterocycles. The average molecular weight is 406 g/mol. The van der Waals surface area contributed by atoms with E-state index in [0.717, 1.165) is 0 Å². The van der Waals surface area contributed by atoms with Gasteiger partial charge in [-0.3, -0.25) is 4.79 Å². The van der Waals surface area contributed by atoms with Crippen LogP contribution in [0, 0.1) is 12.7 Å². The number of aliphatic hydroxyl groups is 1. The Hall–Kier alpha value is -3.40. The Balaban J connectivity index is 1.62. The molecule has 0 bridgehead atoms. The first-order chi connectivity index (χ1) is 13.8. The molecule has 2 N–H and O–H groups in total. The van der Waals surface area contributed by atoms with E-state index in [4.69, 9.17) is 0 Å². The van der Waals surface area contributed by atoms with E-state index >= 15 is 0 Å². The van der Waals surface area contributed by atoms with Crippen molar-refractivity contribution in [1.82, 2.24) is 20.3 Å². The van der Waals surface area contributed by atoms with Crippen LogP contribution in [0.5, 0.6) is 5.75 Å². The van der Waals surface area contributed by atoms with Crippen LogP contribution in [-0.4, -0.2) is 39.2 Å². The van der Waals surface area contributed by atoms with Gasteiger partial charge in [-0.05, 0) is 48.9 Å². The maximum absolute atomic E-state index is 13.1. The molecule has 1 amide bonds. The number of aromatic nitrogens is 3. The lowest BCUT2D eigenvalue weighted by Gasteiger charge is -2.13. The smallest absolute Gasteiger partial charge is 0.387 e. The lowest BCUT2D eigenvalue weighted by atomic mass is 10.1. The number of halogens is 3. The van der Waals surface area contributed by atoms with E-state index in [1.165, 1.54) is 53.2 Å². The van der Waals surface area contributed by atoms with E-state index in [9.17, 15) is 23.1 Å². The van der Waals surface area contributed by atoms with Crippen LogP contribution in [0.25, 0.3) is 5.69 Å². The topological polar surface area (TPSA) is 89.3 Å². The largest absolute Gasteiger partial charge is 0.435 e. The van der Waals surface area contributed by atoms with Crippen LogP contribution in [0.15, 0.2) is 48.5 Å². The number of alkyl halides is 2. The van der Waals surface area contributed by atoms with Crippen molar-refractivity contribution in [1.29, 1.82) is 0 Å². The fourth-order valence-electron chi connectivity index (χ4n) is 2.63. The van der Waals surface area contributed by atoms with Crippen molar-refractivity contribution in [2.75, 3.05) is 6.54 Å². The van der Waals surface area contributed by atoms with Gasteiger partial charge in [-0.2, -0.15) is 8.78 Å². The van der Waals surface area contributed by atoms with Crippen molar-refractivity contribution in [3.05, 3.63) is 71.3 Å². The predicted octanol–water partition coefficient (Wildman–Crippen LogP) is 2.78. The summed E-state index contributed by atoms with van der Waals surface area (Å²) in [4.78, 5) is 12.4. The Morgan fingerprint density at radius 1 is 1.17 bits per heavy atom. The first-order valence-corrected chi connectivity index (χ1v) is 8.54. The molecule has 29 heavy (non-hydrogen) atoms. The second kappa shape index (κ2) is 8.74. The van der Waals surface area contributed by atoms with E-state index in [1.807, 2.05) is 0 Å². The van der Waals surface area contributed by atoms with Gasteiger partial charge in [0.15, 0.2) is 5.69 Å². The van der Waals surface area contributed by atoms with E-state index in [-0.39, 0.29) is 18.0 Å². The summed E-state index contributed by atoms with van der Waals surface area (Å²) in [5, 5.41) is 20.5. The number of ether oxygens (including phenoxy) is 1. The zero-order valence-electron chi connectivity index (χ0n) is 15.2. The standard InChI is InChI=1S/C19H17F3N4O3/c1-11-17(24-25-26(11)14-6-4-13(20)5-7-14)18(28)23-10-16(27)12-2-8-15(9-3-12)29-19(21)22/h2-9,16,19,27H,10H2,1H3,(H,23,28). The molecule has 7 nitrogen and oxygen atoms in total. The third kappa shape index (κ3) is 4.91. The highest BCUT2D eigenvalue weighted by Gasteiger charge is 2.19. The minimum Gasteiger partial charge on any atom is -0.435 e. The lowest BCUT2D eigenvalue weighted by Crippen LogP contribution is -2.29. The van der Waals surface area contributed by atoms with E-state index < -0.39 is 24.4 Å². The molecule has 0 aliphatic carbocycles. The predicted molar refractivity (Wildman–Crippen MR) is 96.4 cm³/mol. The molecule has 0 radical (unpaired) electrons. The van der Waals surface area contributed by atoms with Crippen molar-refractivity contribution in [2.45, 2.75) is 19.6 Å². The van der Waals surface area contributed by atoms with Crippen molar-refractivity contribution < 1.29 is 27.8 Å². The van der Waals surface area contributed by atoms with E-state index in [2.05, 4.69) is 20.4 Å². The number of nitrogens with zero attached hydrogens (tertiary/aromatic N) is 3. The van der Waals surface area contributed by atoms with E-state index in [0.29, 0.717) is 16.9 Å². The molecule has 152 valence electrons. The number of carbonyl (C=O) groups is 1. The summed E-state index contributed by atoms with van der Waals surface area (Å²) in [6, 6.07) is 11.0. The quantitative estimate of drug-likeness (QED) is 0.630. The number of carbonyl (C=O) groups excluding carboxylic acids is 1. The number of aliphatic hydroxyl groups excluding tert-OH is 1. The molecule has 0 saturated carbocycles. The van der Waals surface area contributed by atoms with Crippen LogP contribution in [0.2, 0.25) is 0 Å². The minimum atomic E-state index is -2.93. The van der Waals surface area contributed by atoms with Gasteiger partial charge in [-0.1, -0.05) is 17.3 Å². The highest BCUT2D eigenvalue weighted by Crippen LogP contribution is 2.19. The van der Waals surface area contributed by atoms with Crippen molar-refractivity contribution in [2.24, 2.45) is 0 Å². The number of nitrogens with one attached hydrogen (secondary N) is 1. The Bertz CT molecular complexity index is 975. The first-order valence-electron chi connectivity index (χ1n) is 8.54. The van der Waals surface area contributed by atoms with Gasteiger partial charge in [0, 0.05) is 6.54 Å². The average Bonchev–Trinajstić information content (AvgIpc) is 3.08. The van der Waals surface area contributed by atoms with Crippen LogP contribution >= 0.6 is 0 Å². The maximum Gasteiger partial charge on any atom is 0.387 e. The Kier molecular flexibility index (Phi) is 6.13. The molecule has 10 heteroatoms. The summed E-state index contributed by atoms with van der Waals surface area (Å²) in [7, 11) is 0. The van der Waals surface area contributed by atoms with Crippen LogP contribution in [-0.2, 0) is 0 Å². The first kappa shape index (κ1) is 20.3. The third-order valence-corrected chi connectivity index (χ3v) is 4.13. The lowest BCUT2D eigenvalue weighted by molar-refractivity contribution is -0.0498. The van der Waals surface area contributed by atoms with Gasteiger partial charge >= 0.3 is 6.61 Å². The van der Waals surface area contributed by atoms with Crippen molar-refractivity contribution in [3.63, 3.8) is 0 Å². The van der Waals surface area contributed by atoms with Gasteiger partial charge in [0.2, 0.25) is 0 Å². The summed E-state index contributed by atoms with van der Waals surface area (Å²) in [6.45, 7) is -1.43. The molecular formula is C19H17F3N4O3. The van der Waals surface area contributed by atoms with Gasteiger partial charge in [0.25, 0.3) is 5.91 Å². The number of benzene rings is 2. The number of hydrogen-bond acceptors (Lipinski definition) is 5. The number of hydrogen-bond donors (Lipinski definition) is 2. The summed E-state index contributed by atoms with van der Waals surface area (Å²) < 4.78 is 43.0. The molecule has 0 spiro atoms. The monoisotopic (exact) mass is 406 g/mol. The third-order valence-electron chi connectivity index (χ3n) is 4.13. The molecule has 0 aliphatic heterocycles. The van der Waals surface area contributed by atoms with Crippen LogP contribution in [0.1, 0.15) is 27.8 Å².